The number of hydrogen-bond donors (Lipinski definition) is 0. The summed E-state index contributed by atoms with van der Waals surface area (Å²) < 4.78 is 38.8. The lowest BCUT2D eigenvalue weighted by molar-refractivity contribution is -0.0885. The van der Waals surface area contributed by atoms with Gasteiger partial charge >= 0.3 is 6.18 Å². The number of hydrogen-bond acceptors (Lipinski definition) is 2. The van der Waals surface area contributed by atoms with E-state index in [1.54, 1.807) is 13.0 Å². The zero-order valence-corrected chi connectivity index (χ0v) is 10.5. The highest BCUT2D eigenvalue weighted by Gasteiger charge is 2.40. The van der Waals surface area contributed by atoms with Gasteiger partial charge in [0.15, 0.2) is 0 Å². The van der Waals surface area contributed by atoms with E-state index < -0.39 is 17.5 Å². The van der Waals surface area contributed by atoms with Crippen LogP contribution in [0.1, 0.15) is 16.1 Å². The van der Waals surface area contributed by atoms with Crippen molar-refractivity contribution in [2.45, 2.75) is 13.1 Å². The molecule has 0 aliphatic heterocycles. The van der Waals surface area contributed by atoms with Crippen LogP contribution in [0.4, 0.5) is 13.2 Å². The van der Waals surface area contributed by atoms with Crippen LogP contribution < -0.4 is 0 Å². The molecular formula is C12H8ClF3N2O. The summed E-state index contributed by atoms with van der Waals surface area (Å²) in [5, 5.41) is 4.21. The molecule has 7 heteroatoms. The van der Waals surface area contributed by atoms with E-state index in [9.17, 15) is 18.0 Å². The highest BCUT2D eigenvalue weighted by Crippen LogP contribution is 2.27. The summed E-state index contributed by atoms with van der Waals surface area (Å²) >= 11 is 5.76. The molecule has 1 heterocycles. The molecule has 1 aromatic carbocycles. The number of halogens is 4. The Morgan fingerprint density at radius 1 is 1.32 bits per heavy atom. The molecule has 0 unspecified atom stereocenters. The van der Waals surface area contributed by atoms with E-state index in [-0.39, 0.29) is 10.7 Å². The molecule has 2 rings (SSSR count). The number of carbonyl (C=O) groups excluding carboxylic acids is 1. The third kappa shape index (κ3) is 2.78. The highest BCUT2D eigenvalue weighted by molar-refractivity contribution is 6.31. The molecule has 0 aliphatic carbocycles. The quantitative estimate of drug-likeness (QED) is 0.792. The number of nitrogens with zero attached hydrogens (tertiary/aromatic N) is 2. The number of aromatic nitrogens is 2. The number of alkyl halides is 3. The van der Waals surface area contributed by atoms with Gasteiger partial charge < -0.3 is 0 Å². The fourth-order valence-corrected chi connectivity index (χ4v) is 1.75. The third-order valence-corrected chi connectivity index (χ3v) is 2.67. The normalized spacial score (nSPS) is 11.6. The minimum atomic E-state index is -4.94. The standard InChI is InChI=1S/C12H8ClF3N2O/c1-7-4-5-18(17-7)10-6-8(13)2-3-9(10)11(19)12(14,15)16/h2-6H,1H3. The summed E-state index contributed by atoms with van der Waals surface area (Å²) in [4.78, 5) is 11.4. The van der Waals surface area contributed by atoms with Crippen LogP contribution in [0.2, 0.25) is 5.02 Å². The Hall–Kier alpha value is -1.82. The molecular weight excluding hydrogens is 281 g/mol. The van der Waals surface area contributed by atoms with Crippen LogP contribution in [0.3, 0.4) is 0 Å². The molecule has 0 N–H and O–H groups in total. The summed E-state index contributed by atoms with van der Waals surface area (Å²) in [6.45, 7) is 1.69. The zero-order chi connectivity index (χ0) is 14.2. The molecule has 0 saturated heterocycles. The van der Waals surface area contributed by atoms with Crippen LogP contribution in [0.15, 0.2) is 30.5 Å². The lowest BCUT2D eigenvalue weighted by Crippen LogP contribution is -2.24. The summed E-state index contributed by atoms with van der Waals surface area (Å²) in [5.41, 5.74) is 0.133. The van der Waals surface area contributed by atoms with Crippen LogP contribution in [-0.4, -0.2) is 21.7 Å². The smallest absolute Gasteiger partial charge is 0.284 e. The molecule has 0 fully saturated rings. The van der Waals surface area contributed by atoms with E-state index in [0.717, 1.165) is 6.07 Å². The maximum Gasteiger partial charge on any atom is 0.454 e. The summed E-state index contributed by atoms with van der Waals surface area (Å²) in [6, 6.07) is 5.17. The van der Waals surface area contributed by atoms with Gasteiger partial charge in [0.2, 0.25) is 0 Å². The molecule has 19 heavy (non-hydrogen) atoms. The molecule has 0 spiro atoms. The second kappa shape index (κ2) is 4.70. The van der Waals surface area contributed by atoms with Crippen molar-refractivity contribution in [2.24, 2.45) is 0 Å². The second-order valence-electron chi connectivity index (χ2n) is 3.89. The summed E-state index contributed by atoms with van der Waals surface area (Å²) in [7, 11) is 0. The first kappa shape index (κ1) is 13.6. The van der Waals surface area contributed by atoms with Crippen molar-refractivity contribution in [1.82, 2.24) is 9.78 Å². The van der Waals surface area contributed by atoms with Crippen LogP contribution in [0, 0.1) is 6.92 Å². The number of benzene rings is 1. The third-order valence-electron chi connectivity index (χ3n) is 2.43. The summed E-state index contributed by atoms with van der Waals surface area (Å²) in [6.07, 6.45) is -3.47. The van der Waals surface area contributed by atoms with Crippen molar-refractivity contribution in [3.05, 3.63) is 46.7 Å². The molecule has 0 amide bonds. The number of rotatable bonds is 2. The topological polar surface area (TPSA) is 34.9 Å². The van der Waals surface area contributed by atoms with Crippen molar-refractivity contribution >= 4 is 17.4 Å². The molecule has 3 nitrogen and oxygen atoms in total. The molecule has 1 aromatic heterocycles. The number of Topliss-reactive ketones (excluding diaryl/α,β-unsaturated/α-hetero) is 1. The van der Waals surface area contributed by atoms with Gasteiger partial charge in [-0.2, -0.15) is 18.3 Å². The lowest BCUT2D eigenvalue weighted by Gasteiger charge is -2.11. The molecule has 0 aliphatic rings. The van der Waals surface area contributed by atoms with Crippen molar-refractivity contribution in [1.29, 1.82) is 0 Å². The molecule has 0 saturated carbocycles. The van der Waals surface area contributed by atoms with Gasteiger partial charge in [0, 0.05) is 11.2 Å². The predicted octanol–water partition coefficient (Wildman–Crippen LogP) is 3.58. The van der Waals surface area contributed by atoms with E-state index in [1.165, 1.54) is 23.0 Å². The first-order chi connectivity index (χ1) is 8.79. The van der Waals surface area contributed by atoms with Gasteiger partial charge in [-0.1, -0.05) is 11.6 Å². The Balaban J connectivity index is 2.60. The molecule has 0 bridgehead atoms. The van der Waals surface area contributed by atoms with Gasteiger partial charge in [-0.25, -0.2) is 4.68 Å². The fourth-order valence-electron chi connectivity index (χ4n) is 1.59. The monoisotopic (exact) mass is 288 g/mol. The van der Waals surface area contributed by atoms with E-state index >= 15 is 0 Å². The number of ketones is 1. The minimum absolute atomic E-state index is 0.00271. The first-order valence-corrected chi connectivity index (χ1v) is 5.60. The van der Waals surface area contributed by atoms with Crippen LogP contribution in [0.5, 0.6) is 0 Å². The number of aryl methyl sites for hydroxylation is 1. The second-order valence-corrected chi connectivity index (χ2v) is 4.33. The average Bonchev–Trinajstić information content (AvgIpc) is 2.73. The predicted molar refractivity (Wildman–Crippen MR) is 63.7 cm³/mol. The minimum Gasteiger partial charge on any atom is -0.284 e. The largest absolute Gasteiger partial charge is 0.454 e. The molecule has 2 aromatic rings. The Morgan fingerprint density at radius 3 is 2.53 bits per heavy atom. The lowest BCUT2D eigenvalue weighted by atomic mass is 10.1. The average molecular weight is 289 g/mol. The summed E-state index contributed by atoms with van der Waals surface area (Å²) in [5.74, 6) is -1.92. The first-order valence-electron chi connectivity index (χ1n) is 5.23. The maximum absolute atomic E-state index is 12.5. The maximum atomic E-state index is 12.5. The van der Waals surface area contributed by atoms with Crippen LogP contribution in [-0.2, 0) is 0 Å². The van der Waals surface area contributed by atoms with Crippen LogP contribution >= 0.6 is 11.6 Å². The van der Waals surface area contributed by atoms with Gasteiger partial charge in [-0.05, 0) is 31.2 Å². The van der Waals surface area contributed by atoms with Crippen LogP contribution in [0.25, 0.3) is 5.69 Å². The Bertz CT molecular complexity index is 634. The van der Waals surface area contributed by atoms with Gasteiger partial charge in [0.1, 0.15) is 0 Å². The number of carbonyl (C=O) groups is 1. The van der Waals surface area contributed by atoms with Gasteiger partial charge in [0.25, 0.3) is 5.78 Å². The Labute approximate surface area is 111 Å². The fraction of sp³-hybridized carbons (Fsp3) is 0.167. The molecule has 100 valence electrons. The highest BCUT2D eigenvalue weighted by atomic mass is 35.5. The Morgan fingerprint density at radius 2 is 2.00 bits per heavy atom. The van der Waals surface area contributed by atoms with Crippen molar-refractivity contribution in [3.8, 4) is 5.69 Å². The van der Waals surface area contributed by atoms with E-state index in [1.807, 2.05) is 0 Å². The van der Waals surface area contributed by atoms with Gasteiger partial charge in [0.05, 0.1) is 16.9 Å². The zero-order valence-electron chi connectivity index (χ0n) is 9.70. The molecule has 0 radical (unpaired) electrons. The van der Waals surface area contributed by atoms with E-state index in [4.69, 9.17) is 11.6 Å². The van der Waals surface area contributed by atoms with Crippen molar-refractivity contribution in [3.63, 3.8) is 0 Å². The van der Waals surface area contributed by atoms with Gasteiger partial charge in [-0.3, -0.25) is 4.79 Å². The van der Waals surface area contributed by atoms with Crippen molar-refractivity contribution < 1.29 is 18.0 Å². The Kier molecular flexibility index (Phi) is 3.36. The van der Waals surface area contributed by atoms with E-state index in [2.05, 4.69) is 5.10 Å². The molecule has 0 atom stereocenters. The van der Waals surface area contributed by atoms with Gasteiger partial charge in [-0.15, -0.1) is 0 Å². The SMILES string of the molecule is Cc1ccn(-c2cc(Cl)ccc2C(=O)C(F)(F)F)n1. The van der Waals surface area contributed by atoms with E-state index in [0.29, 0.717) is 5.69 Å². The van der Waals surface area contributed by atoms with Crippen molar-refractivity contribution in [2.75, 3.05) is 0 Å².